The fourth-order valence-electron chi connectivity index (χ4n) is 2.37. The molecule has 0 saturated heterocycles. The average molecular weight is 257 g/mol. The minimum Gasteiger partial charge on any atom is -0.396 e. The molecule has 0 unspecified atom stereocenters. The van der Waals surface area contributed by atoms with Crippen molar-refractivity contribution in [1.29, 1.82) is 0 Å². The third-order valence-electron chi connectivity index (χ3n) is 4.25. The fraction of sp³-hybridized carbons (Fsp3) is 0.412. The van der Waals surface area contributed by atoms with E-state index >= 15 is 0 Å². The summed E-state index contributed by atoms with van der Waals surface area (Å²) in [6.45, 7) is 5.33. The summed E-state index contributed by atoms with van der Waals surface area (Å²) < 4.78 is 0. The molecule has 2 nitrogen and oxygen atoms in total. The van der Waals surface area contributed by atoms with Crippen LogP contribution in [0.5, 0.6) is 0 Å². The Labute approximate surface area is 115 Å². The summed E-state index contributed by atoms with van der Waals surface area (Å²) in [4.78, 5) is 0. The third kappa shape index (κ3) is 3.07. The molecule has 0 aromatic heterocycles. The first kappa shape index (κ1) is 13.9. The molecule has 19 heavy (non-hydrogen) atoms. The lowest BCUT2D eigenvalue weighted by atomic mass is 9.83. The molecule has 2 aromatic carbocycles. The van der Waals surface area contributed by atoms with Crippen molar-refractivity contribution in [2.45, 2.75) is 26.7 Å². The van der Waals surface area contributed by atoms with Crippen LogP contribution in [0.25, 0.3) is 10.8 Å². The quantitative estimate of drug-likeness (QED) is 0.818. The van der Waals surface area contributed by atoms with Gasteiger partial charge < -0.3 is 10.4 Å². The maximum atomic E-state index is 9.59. The highest BCUT2D eigenvalue weighted by Crippen LogP contribution is 2.27. The first-order chi connectivity index (χ1) is 9.23. The van der Waals surface area contributed by atoms with E-state index in [1.807, 2.05) is 0 Å². The number of hydrogen-bond donors (Lipinski definition) is 2. The standard InChI is InChI=1S/C17H23NO/c1-3-17(4-2,13-19)12-18-16-10-9-14-7-5-6-8-15(14)11-16/h5-11,18-19H,3-4,12-13H2,1-2H3. The minimum atomic E-state index is -0.00829. The Hall–Kier alpha value is -1.54. The van der Waals surface area contributed by atoms with Crippen molar-refractivity contribution in [1.82, 2.24) is 0 Å². The summed E-state index contributed by atoms with van der Waals surface area (Å²) in [6, 6.07) is 14.8. The molecule has 102 valence electrons. The second-order valence-electron chi connectivity index (χ2n) is 5.28. The van der Waals surface area contributed by atoms with Crippen molar-refractivity contribution in [3.63, 3.8) is 0 Å². The van der Waals surface area contributed by atoms with Crippen molar-refractivity contribution < 1.29 is 5.11 Å². The van der Waals surface area contributed by atoms with Gasteiger partial charge in [0.05, 0.1) is 6.61 Å². The molecule has 0 bridgehead atoms. The number of aliphatic hydroxyl groups is 1. The van der Waals surface area contributed by atoms with Gasteiger partial charge in [-0.3, -0.25) is 0 Å². The molecule has 0 amide bonds. The Morgan fingerprint density at radius 1 is 1.00 bits per heavy atom. The van der Waals surface area contributed by atoms with Gasteiger partial charge in [-0.15, -0.1) is 0 Å². The molecular weight excluding hydrogens is 234 g/mol. The molecule has 2 aromatic rings. The number of rotatable bonds is 6. The van der Waals surface area contributed by atoms with Crippen LogP contribution >= 0.6 is 0 Å². The van der Waals surface area contributed by atoms with E-state index in [0.29, 0.717) is 0 Å². The highest BCUT2D eigenvalue weighted by atomic mass is 16.3. The molecule has 0 heterocycles. The van der Waals surface area contributed by atoms with Crippen LogP contribution < -0.4 is 5.32 Å². The van der Waals surface area contributed by atoms with Crippen LogP contribution in [0.4, 0.5) is 5.69 Å². The van der Waals surface area contributed by atoms with Crippen LogP contribution in [-0.2, 0) is 0 Å². The lowest BCUT2D eigenvalue weighted by Gasteiger charge is -2.30. The number of nitrogens with one attached hydrogen (secondary N) is 1. The minimum absolute atomic E-state index is 0.00829. The number of fused-ring (bicyclic) bond motifs is 1. The molecule has 2 N–H and O–H groups in total. The lowest BCUT2D eigenvalue weighted by molar-refractivity contribution is 0.127. The molecule has 0 saturated carbocycles. The molecule has 0 radical (unpaired) electrons. The predicted molar refractivity (Wildman–Crippen MR) is 82.5 cm³/mol. The molecule has 2 rings (SSSR count). The van der Waals surface area contributed by atoms with Gasteiger partial charge >= 0.3 is 0 Å². The molecule has 0 aliphatic carbocycles. The van der Waals surface area contributed by atoms with Crippen molar-refractivity contribution in [3.05, 3.63) is 42.5 Å². The maximum absolute atomic E-state index is 9.59. The second kappa shape index (κ2) is 6.07. The Bertz CT molecular complexity index is 523. The van der Waals surface area contributed by atoms with Crippen LogP contribution in [0, 0.1) is 5.41 Å². The van der Waals surface area contributed by atoms with E-state index in [9.17, 15) is 5.11 Å². The van der Waals surface area contributed by atoms with E-state index in [1.165, 1.54) is 10.8 Å². The van der Waals surface area contributed by atoms with E-state index in [2.05, 4.69) is 61.6 Å². The van der Waals surface area contributed by atoms with E-state index < -0.39 is 0 Å². The monoisotopic (exact) mass is 257 g/mol. The average Bonchev–Trinajstić information content (AvgIpc) is 2.49. The summed E-state index contributed by atoms with van der Waals surface area (Å²) in [7, 11) is 0. The van der Waals surface area contributed by atoms with Crippen molar-refractivity contribution >= 4 is 16.5 Å². The Morgan fingerprint density at radius 3 is 2.32 bits per heavy atom. The summed E-state index contributed by atoms with van der Waals surface area (Å²) in [6.07, 6.45) is 1.97. The number of benzene rings is 2. The smallest absolute Gasteiger partial charge is 0.0504 e. The molecule has 0 aliphatic heterocycles. The third-order valence-corrected chi connectivity index (χ3v) is 4.25. The van der Waals surface area contributed by atoms with Gasteiger partial charge in [0, 0.05) is 17.6 Å². The van der Waals surface area contributed by atoms with Crippen LogP contribution in [0.2, 0.25) is 0 Å². The molecule has 0 fully saturated rings. The van der Waals surface area contributed by atoms with E-state index in [-0.39, 0.29) is 12.0 Å². The molecule has 2 heteroatoms. The van der Waals surface area contributed by atoms with E-state index in [0.717, 1.165) is 25.1 Å². The summed E-state index contributed by atoms with van der Waals surface area (Å²) >= 11 is 0. The van der Waals surface area contributed by atoms with Gasteiger partial charge in [-0.25, -0.2) is 0 Å². The predicted octanol–water partition coefficient (Wildman–Crippen LogP) is 4.05. The molecule has 0 atom stereocenters. The Balaban J connectivity index is 2.13. The van der Waals surface area contributed by atoms with E-state index in [1.54, 1.807) is 0 Å². The Morgan fingerprint density at radius 2 is 1.68 bits per heavy atom. The second-order valence-corrected chi connectivity index (χ2v) is 5.28. The topological polar surface area (TPSA) is 32.3 Å². The van der Waals surface area contributed by atoms with Crippen molar-refractivity contribution in [2.75, 3.05) is 18.5 Å². The zero-order chi connectivity index (χ0) is 13.7. The summed E-state index contributed by atoms with van der Waals surface area (Å²) in [5.74, 6) is 0. The van der Waals surface area contributed by atoms with Gasteiger partial charge in [-0.1, -0.05) is 44.2 Å². The van der Waals surface area contributed by atoms with Gasteiger partial charge in [0.15, 0.2) is 0 Å². The summed E-state index contributed by atoms with van der Waals surface area (Å²) in [5.41, 5.74) is 1.12. The highest BCUT2D eigenvalue weighted by molar-refractivity contribution is 5.85. The van der Waals surface area contributed by atoms with Gasteiger partial charge in [-0.05, 0) is 35.7 Å². The maximum Gasteiger partial charge on any atom is 0.0504 e. The van der Waals surface area contributed by atoms with Crippen molar-refractivity contribution in [3.8, 4) is 0 Å². The molecule has 0 spiro atoms. The molecular formula is C17H23NO. The van der Waals surface area contributed by atoms with Crippen LogP contribution in [0.1, 0.15) is 26.7 Å². The first-order valence-corrected chi connectivity index (χ1v) is 7.06. The van der Waals surface area contributed by atoms with E-state index in [4.69, 9.17) is 0 Å². The Kier molecular flexibility index (Phi) is 4.43. The van der Waals surface area contributed by atoms with Gasteiger partial charge in [0.2, 0.25) is 0 Å². The van der Waals surface area contributed by atoms with Crippen LogP contribution in [0.3, 0.4) is 0 Å². The number of aliphatic hydroxyl groups excluding tert-OH is 1. The zero-order valence-corrected chi connectivity index (χ0v) is 11.8. The van der Waals surface area contributed by atoms with Gasteiger partial charge in [-0.2, -0.15) is 0 Å². The molecule has 0 aliphatic rings. The largest absolute Gasteiger partial charge is 0.396 e. The van der Waals surface area contributed by atoms with Crippen LogP contribution in [-0.4, -0.2) is 18.3 Å². The number of anilines is 1. The fourth-order valence-corrected chi connectivity index (χ4v) is 2.37. The number of hydrogen-bond acceptors (Lipinski definition) is 2. The van der Waals surface area contributed by atoms with Gasteiger partial charge in [0.25, 0.3) is 0 Å². The SMILES string of the molecule is CCC(CC)(CO)CNc1ccc2ccccc2c1. The first-order valence-electron chi connectivity index (χ1n) is 7.06. The lowest BCUT2D eigenvalue weighted by Crippen LogP contribution is -2.32. The van der Waals surface area contributed by atoms with Gasteiger partial charge in [0.1, 0.15) is 0 Å². The zero-order valence-electron chi connectivity index (χ0n) is 11.8. The van der Waals surface area contributed by atoms with Crippen LogP contribution in [0.15, 0.2) is 42.5 Å². The van der Waals surface area contributed by atoms with Crippen molar-refractivity contribution in [2.24, 2.45) is 5.41 Å². The summed E-state index contributed by atoms with van der Waals surface area (Å²) in [5, 5.41) is 15.6. The normalized spacial score (nSPS) is 11.7. The highest BCUT2D eigenvalue weighted by Gasteiger charge is 2.24.